The Bertz CT molecular complexity index is 657. The molecule has 3 heterocycles. The molecule has 0 saturated carbocycles. The summed E-state index contributed by atoms with van der Waals surface area (Å²) in [6.45, 7) is 1.94. The fourth-order valence-corrected chi connectivity index (χ4v) is 2.55. The molecule has 122 valence electrons. The first-order valence-corrected chi connectivity index (χ1v) is 7.48. The van der Waals surface area contributed by atoms with Crippen molar-refractivity contribution in [2.75, 3.05) is 27.2 Å². The zero-order valence-electron chi connectivity index (χ0n) is 13.3. The van der Waals surface area contributed by atoms with Gasteiger partial charge < -0.3 is 14.5 Å². The maximum Gasteiger partial charge on any atom is 0.316 e. The lowest BCUT2D eigenvalue weighted by atomic mass is 10.3. The van der Waals surface area contributed by atoms with Crippen molar-refractivity contribution >= 4 is 5.91 Å². The summed E-state index contributed by atoms with van der Waals surface area (Å²) in [5.74, 6) is 0.0623. The number of hydrogen-bond acceptors (Lipinski definition) is 6. The highest BCUT2D eigenvalue weighted by Crippen LogP contribution is 2.15. The molecular formula is C15H20N6O2. The summed E-state index contributed by atoms with van der Waals surface area (Å²) in [7, 11) is 3.76. The average molecular weight is 316 g/mol. The van der Waals surface area contributed by atoms with Crippen LogP contribution in [0.1, 0.15) is 5.69 Å². The summed E-state index contributed by atoms with van der Waals surface area (Å²) in [6.07, 6.45) is 4.76. The first kappa shape index (κ1) is 15.4. The minimum Gasteiger partial charge on any atom is -0.456 e. The van der Waals surface area contributed by atoms with E-state index in [1.165, 1.54) is 0 Å². The van der Waals surface area contributed by atoms with E-state index in [9.17, 15) is 4.79 Å². The van der Waals surface area contributed by atoms with Crippen molar-refractivity contribution < 1.29 is 9.53 Å². The number of fused-ring (bicyclic) bond motifs is 1. The Morgan fingerprint density at radius 1 is 1.30 bits per heavy atom. The van der Waals surface area contributed by atoms with Gasteiger partial charge in [-0.3, -0.25) is 9.48 Å². The minimum absolute atomic E-state index is 0.0623. The number of aromatic nitrogens is 4. The summed E-state index contributed by atoms with van der Waals surface area (Å²) >= 11 is 0. The highest BCUT2D eigenvalue weighted by Gasteiger charge is 2.27. The topological polar surface area (TPSA) is 76.4 Å². The third kappa shape index (κ3) is 3.84. The first-order valence-electron chi connectivity index (χ1n) is 7.48. The molecule has 0 spiro atoms. The number of nitrogens with zero attached hydrogens (tertiary/aromatic N) is 6. The van der Waals surface area contributed by atoms with Gasteiger partial charge in [0.15, 0.2) is 0 Å². The van der Waals surface area contributed by atoms with Gasteiger partial charge in [0, 0.05) is 18.6 Å². The van der Waals surface area contributed by atoms with E-state index < -0.39 is 0 Å². The van der Waals surface area contributed by atoms with E-state index in [1.807, 2.05) is 29.7 Å². The number of hydrogen-bond donors (Lipinski definition) is 0. The largest absolute Gasteiger partial charge is 0.456 e. The number of rotatable bonds is 4. The molecule has 0 bridgehead atoms. The lowest BCUT2D eigenvalue weighted by Crippen LogP contribution is -2.42. The number of amides is 1. The van der Waals surface area contributed by atoms with Crippen molar-refractivity contribution in [2.24, 2.45) is 0 Å². The van der Waals surface area contributed by atoms with Gasteiger partial charge in [0.25, 0.3) is 0 Å². The Hall–Kier alpha value is -2.48. The molecule has 1 aliphatic rings. The molecule has 23 heavy (non-hydrogen) atoms. The summed E-state index contributed by atoms with van der Waals surface area (Å²) in [6, 6.07) is 3.98. The lowest BCUT2D eigenvalue weighted by molar-refractivity contribution is -0.133. The molecule has 0 aromatic carbocycles. The molecular weight excluding hydrogens is 296 g/mol. The SMILES string of the molecule is CN(C)CC(=O)N1Cc2ccnn2CC(Oc2ncccn2)C1. The molecule has 0 radical (unpaired) electrons. The fraction of sp³-hybridized carbons (Fsp3) is 0.467. The molecule has 0 saturated heterocycles. The minimum atomic E-state index is -0.246. The molecule has 3 rings (SSSR count). The Morgan fingerprint density at radius 3 is 2.83 bits per heavy atom. The number of likely N-dealkylation sites (N-methyl/N-ethyl adjacent to an activating group) is 1. The van der Waals surface area contributed by atoms with Gasteiger partial charge in [0.1, 0.15) is 6.10 Å². The van der Waals surface area contributed by atoms with Crippen molar-refractivity contribution in [3.63, 3.8) is 0 Å². The summed E-state index contributed by atoms with van der Waals surface area (Å²) in [5.41, 5.74) is 0.997. The third-order valence-corrected chi connectivity index (χ3v) is 3.58. The molecule has 0 fully saturated rings. The highest BCUT2D eigenvalue weighted by molar-refractivity contribution is 5.78. The van der Waals surface area contributed by atoms with Gasteiger partial charge in [-0.05, 0) is 26.2 Å². The molecule has 0 N–H and O–H groups in total. The van der Waals surface area contributed by atoms with E-state index in [0.717, 1.165) is 5.69 Å². The highest BCUT2D eigenvalue weighted by atomic mass is 16.5. The van der Waals surface area contributed by atoms with E-state index in [1.54, 1.807) is 29.6 Å². The van der Waals surface area contributed by atoms with Crippen molar-refractivity contribution in [2.45, 2.75) is 19.2 Å². The Kier molecular flexibility index (Phi) is 4.52. The maximum atomic E-state index is 12.5. The number of carbonyl (C=O) groups is 1. The quantitative estimate of drug-likeness (QED) is 0.792. The van der Waals surface area contributed by atoms with Crippen LogP contribution in [0.25, 0.3) is 0 Å². The number of carbonyl (C=O) groups excluding carboxylic acids is 1. The molecule has 1 amide bonds. The second-order valence-electron chi connectivity index (χ2n) is 5.79. The van der Waals surface area contributed by atoms with Gasteiger partial charge in [-0.15, -0.1) is 0 Å². The lowest BCUT2D eigenvalue weighted by Gasteiger charge is -2.25. The molecule has 1 atom stereocenters. The van der Waals surface area contributed by atoms with Crippen LogP contribution in [0.2, 0.25) is 0 Å². The zero-order chi connectivity index (χ0) is 16.2. The van der Waals surface area contributed by atoms with Crippen molar-refractivity contribution in [1.82, 2.24) is 29.5 Å². The van der Waals surface area contributed by atoms with Crippen LogP contribution in [-0.4, -0.2) is 68.7 Å². The zero-order valence-corrected chi connectivity index (χ0v) is 13.3. The van der Waals surface area contributed by atoms with Gasteiger partial charge in [0.05, 0.1) is 31.9 Å². The van der Waals surface area contributed by atoms with Crippen LogP contribution in [0.5, 0.6) is 6.01 Å². The van der Waals surface area contributed by atoms with Gasteiger partial charge in [-0.25, -0.2) is 9.97 Å². The molecule has 1 aliphatic heterocycles. The molecule has 1 unspecified atom stereocenters. The Balaban J connectivity index is 1.78. The normalized spacial score (nSPS) is 17.7. The third-order valence-electron chi connectivity index (χ3n) is 3.58. The van der Waals surface area contributed by atoms with Gasteiger partial charge in [-0.2, -0.15) is 5.10 Å². The van der Waals surface area contributed by atoms with Crippen LogP contribution < -0.4 is 4.74 Å². The predicted octanol–water partition coefficient (Wildman–Crippen LogP) is 0.0245. The molecule has 2 aromatic heterocycles. The Labute approximate surface area is 134 Å². The van der Waals surface area contributed by atoms with Gasteiger partial charge >= 0.3 is 6.01 Å². The van der Waals surface area contributed by atoms with Crippen LogP contribution in [0, 0.1) is 0 Å². The van der Waals surface area contributed by atoms with Crippen LogP contribution in [0.15, 0.2) is 30.7 Å². The van der Waals surface area contributed by atoms with Crippen LogP contribution in [0.4, 0.5) is 0 Å². The second-order valence-corrected chi connectivity index (χ2v) is 5.79. The van der Waals surface area contributed by atoms with Crippen molar-refractivity contribution in [3.05, 3.63) is 36.4 Å². The average Bonchev–Trinajstić information content (AvgIpc) is 2.86. The monoisotopic (exact) mass is 316 g/mol. The maximum absolute atomic E-state index is 12.5. The van der Waals surface area contributed by atoms with E-state index >= 15 is 0 Å². The van der Waals surface area contributed by atoms with E-state index in [4.69, 9.17) is 4.74 Å². The molecule has 0 aliphatic carbocycles. The molecule has 8 heteroatoms. The molecule has 2 aromatic rings. The molecule has 8 nitrogen and oxygen atoms in total. The van der Waals surface area contributed by atoms with E-state index in [2.05, 4.69) is 15.1 Å². The Morgan fingerprint density at radius 2 is 2.09 bits per heavy atom. The van der Waals surface area contributed by atoms with Gasteiger partial charge in [-0.1, -0.05) is 0 Å². The van der Waals surface area contributed by atoms with Gasteiger partial charge in [0.2, 0.25) is 5.91 Å². The second kappa shape index (κ2) is 6.74. The van der Waals surface area contributed by atoms with E-state index in [-0.39, 0.29) is 12.0 Å². The predicted molar refractivity (Wildman–Crippen MR) is 82.6 cm³/mol. The van der Waals surface area contributed by atoms with Crippen LogP contribution in [0.3, 0.4) is 0 Å². The van der Waals surface area contributed by atoms with Crippen LogP contribution in [-0.2, 0) is 17.9 Å². The fourth-order valence-electron chi connectivity index (χ4n) is 2.55. The summed E-state index contributed by atoms with van der Waals surface area (Å²) < 4.78 is 7.73. The first-order chi connectivity index (χ1) is 11.1. The van der Waals surface area contributed by atoms with E-state index in [0.29, 0.717) is 32.2 Å². The summed E-state index contributed by atoms with van der Waals surface area (Å²) in [4.78, 5) is 24.3. The van der Waals surface area contributed by atoms with Crippen molar-refractivity contribution in [3.8, 4) is 6.01 Å². The van der Waals surface area contributed by atoms with Crippen LogP contribution >= 0.6 is 0 Å². The van der Waals surface area contributed by atoms with Crippen molar-refractivity contribution in [1.29, 1.82) is 0 Å². The smallest absolute Gasteiger partial charge is 0.316 e. The summed E-state index contributed by atoms with van der Waals surface area (Å²) in [5, 5.41) is 4.31. The number of ether oxygens (including phenoxy) is 1. The standard InChI is InChI=1S/C15H20N6O2/c1-19(2)11-14(22)20-8-12-4-7-18-21(12)10-13(9-20)23-15-16-5-3-6-17-15/h3-7,13H,8-11H2,1-2H3.